The van der Waals surface area contributed by atoms with Gasteiger partial charge in [-0.15, -0.1) is 0 Å². The molecule has 0 bridgehead atoms. The Labute approximate surface area is 229 Å². The van der Waals surface area contributed by atoms with Crippen molar-refractivity contribution in [3.8, 4) is 40.0 Å². The van der Waals surface area contributed by atoms with Crippen LogP contribution in [0, 0.1) is 11.3 Å². The fraction of sp³-hybridized carbons (Fsp3) is 0.103. The number of nitrogens with zero attached hydrogens (tertiary/aromatic N) is 2. The molecular weight excluding hydrogens is 518 g/mol. The number of anilines is 2. The van der Waals surface area contributed by atoms with E-state index in [4.69, 9.17) is 22.1 Å². The molecule has 5 N–H and O–H groups in total. The monoisotopic (exact) mass is 541 g/mol. The number of nitrogens with two attached hydrogens (primary N) is 1. The van der Waals surface area contributed by atoms with Crippen LogP contribution >= 0.6 is 11.6 Å². The molecular formula is C29H24ClN5O4. The minimum atomic E-state index is -1.32. The number of ether oxygens (including phenoxy) is 1. The molecule has 1 amide bonds. The van der Waals surface area contributed by atoms with Crippen LogP contribution in [-0.2, 0) is 4.79 Å². The van der Waals surface area contributed by atoms with Crippen molar-refractivity contribution in [2.24, 2.45) is 5.73 Å². The van der Waals surface area contributed by atoms with E-state index in [1.807, 2.05) is 0 Å². The van der Waals surface area contributed by atoms with Crippen molar-refractivity contribution in [3.05, 3.63) is 88.9 Å². The van der Waals surface area contributed by atoms with Crippen LogP contribution in [0.3, 0.4) is 0 Å². The lowest BCUT2D eigenvalue weighted by Gasteiger charge is -2.21. The molecule has 1 aromatic heterocycles. The summed E-state index contributed by atoms with van der Waals surface area (Å²) in [7, 11) is 1.45. The molecule has 0 aliphatic carbocycles. The molecule has 0 unspecified atom stereocenters. The maximum atomic E-state index is 13.2. The zero-order valence-corrected chi connectivity index (χ0v) is 21.8. The fourth-order valence-corrected chi connectivity index (χ4v) is 4.11. The number of aromatic hydroxyl groups is 1. The van der Waals surface area contributed by atoms with Crippen molar-refractivity contribution in [3.63, 3.8) is 0 Å². The zero-order chi connectivity index (χ0) is 28.2. The number of hydrogen-bond donors (Lipinski definition) is 4. The van der Waals surface area contributed by atoms with Gasteiger partial charge < -0.3 is 26.2 Å². The van der Waals surface area contributed by atoms with Crippen LogP contribution in [0.1, 0.15) is 22.8 Å². The van der Waals surface area contributed by atoms with Crippen molar-refractivity contribution in [1.29, 1.82) is 5.26 Å². The van der Waals surface area contributed by atoms with Gasteiger partial charge in [0.1, 0.15) is 28.8 Å². The molecule has 0 radical (unpaired) electrons. The van der Waals surface area contributed by atoms with Gasteiger partial charge in [-0.3, -0.25) is 9.59 Å². The summed E-state index contributed by atoms with van der Waals surface area (Å²) >= 11 is 6.02. The number of methoxy groups -OCH3 is 1. The van der Waals surface area contributed by atoms with Gasteiger partial charge in [0, 0.05) is 21.8 Å². The molecule has 0 aliphatic rings. The summed E-state index contributed by atoms with van der Waals surface area (Å²) in [5, 5.41) is 26.8. The number of hydrogen-bond acceptors (Lipinski definition) is 8. The summed E-state index contributed by atoms with van der Waals surface area (Å²) < 4.78 is 5.30. The Kier molecular flexibility index (Phi) is 7.81. The Morgan fingerprint density at radius 3 is 2.59 bits per heavy atom. The topological polar surface area (TPSA) is 150 Å². The van der Waals surface area contributed by atoms with E-state index in [-0.39, 0.29) is 28.4 Å². The van der Waals surface area contributed by atoms with E-state index in [9.17, 15) is 20.0 Å². The number of para-hydroxylation sites is 1. The van der Waals surface area contributed by atoms with Gasteiger partial charge in [0.15, 0.2) is 12.1 Å². The molecule has 3 aromatic carbocycles. The highest BCUT2D eigenvalue weighted by Gasteiger charge is 2.22. The normalized spacial score (nSPS) is 12.1. The first-order valence-electron chi connectivity index (χ1n) is 11.7. The summed E-state index contributed by atoms with van der Waals surface area (Å²) in [4.78, 5) is 29.1. The van der Waals surface area contributed by atoms with Crippen molar-refractivity contribution in [2.45, 2.75) is 12.6 Å². The van der Waals surface area contributed by atoms with Crippen molar-refractivity contribution in [1.82, 2.24) is 4.98 Å². The number of nitrogens with one attached hydrogen (secondary N) is 2. The second-order valence-corrected chi connectivity index (χ2v) is 9.25. The van der Waals surface area contributed by atoms with Gasteiger partial charge in [0.25, 0.3) is 5.91 Å². The number of benzene rings is 3. The number of amides is 1. The summed E-state index contributed by atoms with van der Waals surface area (Å²) in [5.74, 6) is -0.350. The number of rotatable bonds is 8. The van der Waals surface area contributed by atoms with E-state index in [0.717, 1.165) is 0 Å². The highest BCUT2D eigenvalue weighted by molar-refractivity contribution is 6.30. The van der Waals surface area contributed by atoms with Gasteiger partial charge in [0.05, 0.1) is 18.4 Å². The van der Waals surface area contributed by atoms with Gasteiger partial charge in [-0.25, -0.2) is 4.98 Å². The molecule has 196 valence electrons. The smallest absolute Gasteiger partial charge is 0.260 e. The first-order valence-corrected chi connectivity index (χ1v) is 12.1. The lowest BCUT2D eigenvalue weighted by atomic mass is 9.97. The summed E-state index contributed by atoms with van der Waals surface area (Å²) in [6, 6.07) is 21.9. The predicted molar refractivity (Wildman–Crippen MR) is 150 cm³/mol. The number of halogens is 1. The van der Waals surface area contributed by atoms with Crippen LogP contribution in [0.5, 0.6) is 11.5 Å². The fourth-order valence-electron chi connectivity index (χ4n) is 3.95. The molecule has 0 spiro atoms. The van der Waals surface area contributed by atoms with Crippen molar-refractivity contribution < 1.29 is 19.4 Å². The maximum Gasteiger partial charge on any atom is 0.260 e. The van der Waals surface area contributed by atoms with E-state index in [0.29, 0.717) is 39.4 Å². The lowest BCUT2D eigenvalue weighted by molar-refractivity contribution is -0.111. The third-order valence-corrected chi connectivity index (χ3v) is 6.02. The minimum absolute atomic E-state index is 0.0230. The molecule has 1 atom stereocenters. The summed E-state index contributed by atoms with van der Waals surface area (Å²) in [5.41, 5.74) is 7.09. The number of aldehydes is 1. The first kappa shape index (κ1) is 27.1. The molecule has 0 saturated heterocycles. The molecule has 9 nitrogen and oxygen atoms in total. The molecule has 1 heterocycles. The average molecular weight is 542 g/mol. The van der Waals surface area contributed by atoms with Gasteiger partial charge in [-0.05, 0) is 61.0 Å². The molecule has 4 rings (SSSR count). The Bertz CT molecular complexity index is 1610. The quantitative estimate of drug-likeness (QED) is 0.176. The Morgan fingerprint density at radius 2 is 1.90 bits per heavy atom. The van der Waals surface area contributed by atoms with Gasteiger partial charge >= 0.3 is 0 Å². The molecule has 10 heteroatoms. The van der Waals surface area contributed by atoms with Crippen LogP contribution in [0.25, 0.3) is 22.4 Å². The highest BCUT2D eigenvalue weighted by Crippen LogP contribution is 2.37. The van der Waals surface area contributed by atoms with E-state index in [1.54, 1.807) is 66.7 Å². The SMILES string of the molecule is COc1ccccc1C(=O)Nc1nc(-c2ccc(Cl)cc2O)cc(-c2cccc(N[C@](C)(N)C=O)c2)c1C#N. The molecule has 4 aromatic rings. The van der Waals surface area contributed by atoms with Crippen molar-refractivity contribution in [2.75, 3.05) is 17.7 Å². The van der Waals surface area contributed by atoms with E-state index >= 15 is 0 Å². The van der Waals surface area contributed by atoms with E-state index in [1.165, 1.54) is 20.1 Å². The number of pyridine rings is 1. The average Bonchev–Trinajstić information content (AvgIpc) is 2.92. The van der Waals surface area contributed by atoms with Gasteiger partial charge in [-0.1, -0.05) is 35.9 Å². The largest absolute Gasteiger partial charge is 0.507 e. The number of aromatic nitrogens is 1. The number of phenols is 1. The number of carbonyl (C=O) groups excluding carboxylic acids is 2. The second-order valence-electron chi connectivity index (χ2n) is 8.81. The standard InChI is InChI=1S/C29H24ClN5O4/c1-29(32,16-36)35-19-7-5-6-17(12-19)22-14-24(20-11-10-18(30)13-25(20)37)33-27(23(22)15-31)34-28(38)21-8-3-4-9-26(21)39-2/h3-14,16,35,37H,32H2,1-2H3,(H,33,34,38)/t29-/m0/s1. The molecule has 0 fully saturated rings. The maximum absolute atomic E-state index is 13.2. The third-order valence-electron chi connectivity index (χ3n) is 5.78. The van der Waals surface area contributed by atoms with Crippen molar-refractivity contribution >= 4 is 35.3 Å². The Morgan fingerprint density at radius 1 is 1.13 bits per heavy atom. The minimum Gasteiger partial charge on any atom is -0.507 e. The lowest BCUT2D eigenvalue weighted by Crippen LogP contribution is -2.46. The highest BCUT2D eigenvalue weighted by atomic mass is 35.5. The van der Waals surface area contributed by atoms with Crippen LogP contribution < -0.4 is 21.1 Å². The molecule has 0 saturated carbocycles. The van der Waals surface area contributed by atoms with Gasteiger partial charge in [-0.2, -0.15) is 5.26 Å². The summed E-state index contributed by atoms with van der Waals surface area (Å²) in [6.45, 7) is 1.52. The number of phenolic OH excluding ortho intramolecular Hbond substituents is 1. The van der Waals surface area contributed by atoms with Crippen LogP contribution in [0.4, 0.5) is 11.5 Å². The number of nitriles is 1. The molecule has 0 aliphatic heterocycles. The second kappa shape index (κ2) is 11.2. The zero-order valence-electron chi connectivity index (χ0n) is 21.0. The van der Waals surface area contributed by atoms with Crippen LogP contribution in [-0.4, -0.2) is 35.1 Å². The predicted octanol–water partition coefficient (Wildman–Crippen LogP) is 5.19. The van der Waals surface area contributed by atoms with Crippen LogP contribution in [0.15, 0.2) is 72.8 Å². The Balaban J connectivity index is 1.90. The summed E-state index contributed by atoms with van der Waals surface area (Å²) in [6.07, 6.45) is 0.583. The van der Waals surface area contributed by atoms with Gasteiger partial charge in [0.2, 0.25) is 0 Å². The van der Waals surface area contributed by atoms with Crippen LogP contribution in [0.2, 0.25) is 5.02 Å². The van der Waals surface area contributed by atoms with E-state index < -0.39 is 11.6 Å². The molecule has 39 heavy (non-hydrogen) atoms. The third kappa shape index (κ3) is 5.99. The number of carbonyl (C=O) groups is 2. The Hall–Kier alpha value is -4.91. The van der Waals surface area contributed by atoms with E-state index in [2.05, 4.69) is 21.7 Å². The first-order chi connectivity index (χ1) is 18.7.